The highest BCUT2D eigenvalue weighted by Gasteiger charge is 2.26. The fourth-order valence-electron chi connectivity index (χ4n) is 1.97. The Labute approximate surface area is 103 Å². The molecule has 3 heteroatoms. The predicted molar refractivity (Wildman–Crippen MR) is 69.0 cm³/mol. The van der Waals surface area contributed by atoms with Gasteiger partial charge in [0, 0.05) is 36.2 Å². The largest absolute Gasteiger partial charge is 0.368 e. The monoisotopic (exact) mass is 238 g/mol. The summed E-state index contributed by atoms with van der Waals surface area (Å²) in [5.74, 6) is 1.43. The molecule has 0 radical (unpaired) electrons. The number of pyridine rings is 1. The lowest BCUT2D eigenvalue weighted by molar-refractivity contribution is 0.642. The van der Waals surface area contributed by atoms with Crippen LogP contribution in [0, 0.1) is 5.92 Å². The van der Waals surface area contributed by atoms with E-state index in [0.717, 1.165) is 18.0 Å². The highest BCUT2D eigenvalue weighted by molar-refractivity contribution is 6.17. The molecule has 1 aromatic rings. The molecule has 0 atom stereocenters. The minimum Gasteiger partial charge on any atom is -0.368 e. The van der Waals surface area contributed by atoms with Gasteiger partial charge in [-0.1, -0.05) is 0 Å². The first-order chi connectivity index (χ1) is 7.72. The second-order valence-electron chi connectivity index (χ2n) is 4.83. The van der Waals surface area contributed by atoms with E-state index in [2.05, 4.69) is 29.8 Å². The SMILES string of the molecule is CC(C)N(CC1CC1)c1ccncc1CCl. The zero-order valence-corrected chi connectivity index (χ0v) is 10.7. The smallest absolute Gasteiger partial charge is 0.0509 e. The molecule has 0 amide bonds. The van der Waals surface area contributed by atoms with Crippen LogP contribution < -0.4 is 4.90 Å². The van der Waals surface area contributed by atoms with E-state index in [1.807, 2.05) is 12.4 Å². The number of hydrogen-bond donors (Lipinski definition) is 0. The highest BCUT2D eigenvalue weighted by atomic mass is 35.5. The molecule has 1 aliphatic carbocycles. The van der Waals surface area contributed by atoms with E-state index >= 15 is 0 Å². The van der Waals surface area contributed by atoms with Crippen LogP contribution in [0.5, 0.6) is 0 Å². The van der Waals surface area contributed by atoms with Crippen molar-refractivity contribution in [1.82, 2.24) is 4.98 Å². The van der Waals surface area contributed by atoms with E-state index in [9.17, 15) is 0 Å². The number of halogens is 1. The zero-order valence-electron chi connectivity index (χ0n) is 9.99. The molecule has 0 aliphatic heterocycles. The van der Waals surface area contributed by atoms with Gasteiger partial charge in [0.25, 0.3) is 0 Å². The molecule has 1 saturated carbocycles. The van der Waals surface area contributed by atoms with Crippen molar-refractivity contribution in [3.05, 3.63) is 24.0 Å². The number of aromatic nitrogens is 1. The molecule has 1 aliphatic rings. The lowest BCUT2D eigenvalue weighted by atomic mass is 10.2. The molecule has 88 valence electrons. The van der Waals surface area contributed by atoms with E-state index in [1.54, 1.807) is 0 Å². The Morgan fingerprint density at radius 3 is 2.81 bits per heavy atom. The second kappa shape index (κ2) is 5.05. The Kier molecular flexibility index (Phi) is 3.70. The van der Waals surface area contributed by atoms with Crippen LogP contribution in [0.2, 0.25) is 0 Å². The fraction of sp³-hybridized carbons (Fsp3) is 0.615. The van der Waals surface area contributed by atoms with Gasteiger partial charge in [-0.2, -0.15) is 0 Å². The Hall–Kier alpha value is -0.760. The average molecular weight is 239 g/mol. The van der Waals surface area contributed by atoms with Gasteiger partial charge < -0.3 is 4.90 Å². The number of nitrogens with zero attached hydrogens (tertiary/aromatic N) is 2. The summed E-state index contributed by atoms with van der Waals surface area (Å²) in [4.78, 5) is 6.60. The maximum atomic E-state index is 5.97. The van der Waals surface area contributed by atoms with Crippen molar-refractivity contribution in [3.63, 3.8) is 0 Å². The summed E-state index contributed by atoms with van der Waals surface area (Å²) < 4.78 is 0. The van der Waals surface area contributed by atoms with E-state index in [0.29, 0.717) is 11.9 Å². The molecule has 0 saturated heterocycles. The fourth-order valence-corrected chi connectivity index (χ4v) is 2.17. The Morgan fingerprint density at radius 2 is 2.25 bits per heavy atom. The molecule has 0 bridgehead atoms. The molecular formula is C13H19ClN2. The van der Waals surface area contributed by atoms with Gasteiger partial charge in [-0.3, -0.25) is 4.98 Å². The molecule has 2 nitrogen and oxygen atoms in total. The maximum Gasteiger partial charge on any atom is 0.0509 e. The van der Waals surface area contributed by atoms with E-state index in [4.69, 9.17) is 11.6 Å². The molecule has 16 heavy (non-hydrogen) atoms. The third-order valence-corrected chi connectivity index (χ3v) is 3.39. The van der Waals surface area contributed by atoms with E-state index < -0.39 is 0 Å². The first-order valence-corrected chi connectivity index (χ1v) is 6.51. The van der Waals surface area contributed by atoms with Crippen molar-refractivity contribution < 1.29 is 0 Å². The molecule has 0 spiro atoms. The van der Waals surface area contributed by atoms with Crippen LogP contribution in [-0.2, 0) is 5.88 Å². The molecule has 1 heterocycles. The number of hydrogen-bond acceptors (Lipinski definition) is 2. The average Bonchev–Trinajstić information content (AvgIpc) is 3.09. The van der Waals surface area contributed by atoms with Gasteiger partial charge in [0.2, 0.25) is 0 Å². The van der Waals surface area contributed by atoms with Crippen molar-refractivity contribution in [3.8, 4) is 0 Å². The normalized spacial score (nSPS) is 15.5. The molecule has 1 fully saturated rings. The summed E-state index contributed by atoms with van der Waals surface area (Å²) >= 11 is 5.97. The summed E-state index contributed by atoms with van der Waals surface area (Å²) in [6.45, 7) is 5.63. The molecule has 2 rings (SSSR count). The molecule has 0 unspecified atom stereocenters. The molecule has 0 N–H and O–H groups in total. The van der Waals surface area contributed by atoms with Crippen LogP contribution >= 0.6 is 11.6 Å². The number of alkyl halides is 1. The molecule has 0 aromatic carbocycles. The highest BCUT2D eigenvalue weighted by Crippen LogP contribution is 2.33. The maximum absolute atomic E-state index is 5.97. The predicted octanol–water partition coefficient (Wildman–Crippen LogP) is 3.45. The van der Waals surface area contributed by atoms with Crippen LogP contribution in [0.15, 0.2) is 18.5 Å². The minimum absolute atomic E-state index is 0.518. The van der Waals surface area contributed by atoms with E-state index in [-0.39, 0.29) is 0 Å². The summed E-state index contributed by atoms with van der Waals surface area (Å²) in [6, 6.07) is 2.60. The number of anilines is 1. The summed E-state index contributed by atoms with van der Waals surface area (Å²) in [5.41, 5.74) is 2.39. The van der Waals surface area contributed by atoms with Crippen LogP contribution in [0.25, 0.3) is 0 Å². The Morgan fingerprint density at radius 1 is 1.50 bits per heavy atom. The molecular weight excluding hydrogens is 220 g/mol. The van der Waals surface area contributed by atoms with Crippen LogP contribution in [0.1, 0.15) is 32.3 Å². The van der Waals surface area contributed by atoms with Crippen molar-refractivity contribution in [1.29, 1.82) is 0 Å². The first kappa shape index (κ1) is 11.7. The Bertz CT molecular complexity index is 348. The van der Waals surface area contributed by atoms with E-state index in [1.165, 1.54) is 18.5 Å². The van der Waals surface area contributed by atoms with Gasteiger partial charge in [-0.05, 0) is 38.7 Å². The Balaban J connectivity index is 2.22. The second-order valence-corrected chi connectivity index (χ2v) is 5.09. The summed E-state index contributed by atoms with van der Waals surface area (Å²) in [7, 11) is 0. The van der Waals surface area contributed by atoms with Crippen molar-refractivity contribution in [2.45, 2.75) is 38.6 Å². The summed E-state index contributed by atoms with van der Waals surface area (Å²) in [6.07, 6.45) is 6.49. The van der Waals surface area contributed by atoms with Crippen LogP contribution in [0.4, 0.5) is 5.69 Å². The van der Waals surface area contributed by atoms with Crippen molar-refractivity contribution >= 4 is 17.3 Å². The molecule has 1 aromatic heterocycles. The van der Waals surface area contributed by atoms with Crippen LogP contribution in [-0.4, -0.2) is 17.6 Å². The first-order valence-electron chi connectivity index (χ1n) is 5.98. The van der Waals surface area contributed by atoms with Gasteiger partial charge in [-0.15, -0.1) is 11.6 Å². The zero-order chi connectivity index (χ0) is 11.5. The van der Waals surface area contributed by atoms with Gasteiger partial charge in [0.05, 0.1) is 5.88 Å². The lowest BCUT2D eigenvalue weighted by Crippen LogP contribution is -2.33. The summed E-state index contributed by atoms with van der Waals surface area (Å²) in [5, 5.41) is 0. The van der Waals surface area contributed by atoms with Gasteiger partial charge in [0.1, 0.15) is 0 Å². The standard InChI is InChI=1S/C13H19ClN2/c1-10(2)16(9-11-3-4-11)13-5-6-15-8-12(13)7-14/h5-6,8,10-11H,3-4,7,9H2,1-2H3. The van der Waals surface area contributed by atoms with Gasteiger partial charge in [-0.25, -0.2) is 0 Å². The number of rotatable bonds is 5. The third kappa shape index (κ3) is 2.67. The topological polar surface area (TPSA) is 16.1 Å². The van der Waals surface area contributed by atoms with Crippen molar-refractivity contribution in [2.24, 2.45) is 5.92 Å². The van der Waals surface area contributed by atoms with Crippen LogP contribution in [0.3, 0.4) is 0 Å². The third-order valence-electron chi connectivity index (χ3n) is 3.11. The quantitative estimate of drug-likeness (QED) is 0.731. The lowest BCUT2D eigenvalue weighted by Gasteiger charge is -2.30. The van der Waals surface area contributed by atoms with Crippen molar-refractivity contribution in [2.75, 3.05) is 11.4 Å². The van der Waals surface area contributed by atoms with Gasteiger partial charge >= 0.3 is 0 Å². The minimum atomic E-state index is 0.518. The van der Waals surface area contributed by atoms with Gasteiger partial charge in [0.15, 0.2) is 0 Å².